The summed E-state index contributed by atoms with van der Waals surface area (Å²) in [5.74, 6) is 0.913. The van der Waals surface area contributed by atoms with Gasteiger partial charge in [-0.05, 0) is 42.9 Å². The van der Waals surface area contributed by atoms with E-state index in [1.807, 2.05) is 0 Å². The van der Waals surface area contributed by atoms with Crippen LogP contribution in [0, 0.1) is 5.92 Å². The van der Waals surface area contributed by atoms with Gasteiger partial charge in [0.15, 0.2) is 0 Å². The molecule has 0 radical (unpaired) electrons. The number of hydrogen-bond acceptors (Lipinski definition) is 1. The molecule has 1 aromatic rings. The van der Waals surface area contributed by atoms with Crippen LogP contribution >= 0.6 is 27.5 Å². The van der Waals surface area contributed by atoms with Crippen LogP contribution in [0.25, 0.3) is 0 Å². The number of anilines is 1. The normalized spacial score (nSPS) is 15.0. The molecule has 1 nitrogen and oxygen atoms in total. The summed E-state index contributed by atoms with van der Waals surface area (Å²) in [5.41, 5.74) is 2.44. The van der Waals surface area contributed by atoms with E-state index in [0.29, 0.717) is 0 Å². The minimum Gasteiger partial charge on any atom is -0.371 e. The van der Waals surface area contributed by atoms with Crippen molar-refractivity contribution in [3.05, 3.63) is 28.8 Å². The van der Waals surface area contributed by atoms with Crippen LogP contribution in [0.4, 0.5) is 5.69 Å². The molecule has 0 amide bonds. The number of rotatable bonds is 6. The molecule has 0 N–H and O–H groups in total. The molecule has 1 fully saturated rings. The van der Waals surface area contributed by atoms with Crippen molar-refractivity contribution >= 4 is 33.2 Å². The molecule has 0 aliphatic heterocycles. The van der Waals surface area contributed by atoms with Crippen LogP contribution in [-0.2, 0) is 5.33 Å². The topological polar surface area (TPSA) is 3.24 Å². The van der Waals surface area contributed by atoms with E-state index in [9.17, 15) is 0 Å². The summed E-state index contributed by atoms with van der Waals surface area (Å²) in [6.07, 6.45) is 3.98. The number of nitrogens with zero attached hydrogens (tertiary/aromatic N) is 1. The van der Waals surface area contributed by atoms with Gasteiger partial charge in [-0.2, -0.15) is 0 Å². The maximum Gasteiger partial charge on any atom is 0.0467 e. The zero-order valence-electron chi connectivity index (χ0n) is 10.3. The highest BCUT2D eigenvalue weighted by molar-refractivity contribution is 9.08. The third kappa shape index (κ3) is 3.62. The molecule has 1 aliphatic carbocycles. The van der Waals surface area contributed by atoms with Crippen molar-refractivity contribution in [1.29, 1.82) is 0 Å². The van der Waals surface area contributed by atoms with E-state index >= 15 is 0 Å². The Morgan fingerprint density at radius 3 is 2.71 bits per heavy atom. The van der Waals surface area contributed by atoms with Gasteiger partial charge in [-0.15, -0.1) is 0 Å². The van der Waals surface area contributed by atoms with Crippen molar-refractivity contribution in [2.45, 2.75) is 31.5 Å². The lowest BCUT2D eigenvalue weighted by atomic mass is 10.2. The highest BCUT2D eigenvalue weighted by Crippen LogP contribution is 2.32. The lowest BCUT2D eigenvalue weighted by Crippen LogP contribution is -2.26. The number of benzene rings is 1. The molecule has 17 heavy (non-hydrogen) atoms. The maximum atomic E-state index is 6.27. The Hall–Kier alpha value is -0.210. The third-order valence-electron chi connectivity index (χ3n) is 3.21. The molecular weight excluding hydrogens is 298 g/mol. The first-order valence-corrected chi connectivity index (χ1v) is 7.84. The average Bonchev–Trinajstić information content (AvgIpc) is 3.12. The Morgan fingerprint density at radius 2 is 2.18 bits per heavy atom. The van der Waals surface area contributed by atoms with Gasteiger partial charge >= 0.3 is 0 Å². The highest BCUT2D eigenvalue weighted by atomic mass is 79.9. The highest BCUT2D eigenvalue weighted by Gasteiger charge is 2.24. The summed E-state index contributed by atoms with van der Waals surface area (Å²) < 4.78 is 0. The fourth-order valence-corrected chi connectivity index (χ4v) is 2.94. The number of hydrogen-bond donors (Lipinski definition) is 0. The Kier molecular flexibility index (Phi) is 4.75. The van der Waals surface area contributed by atoms with Gasteiger partial charge in [-0.3, -0.25) is 0 Å². The van der Waals surface area contributed by atoms with E-state index in [1.54, 1.807) is 0 Å². The van der Waals surface area contributed by atoms with Gasteiger partial charge in [-0.1, -0.05) is 40.5 Å². The van der Waals surface area contributed by atoms with Crippen LogP contribution in [0.1, 0.15) is 31.7 Å². The molecule has 0 atom stereocenters. The molecule has 94 valence electrons. The van der Waals surface area contributed by atoms with Gasteiger partial charge in [0.25, 0.3) is 0 Å². The minimum absolute atomic E-state index is 0.822. The van der Waals surface area contributed by atoms with Gasteiger partial charge in [0.2, 0.25) is 0 Å². The zero-order valence-corrected chi connectivity index (χ0v) is 12.6. The first-order valence-electron chi connectivity index (χ1n) is 6.34. The monoisotopic (exact) mass is 315 g/mol. The molecule has 0 aromatic heterocycles. The molecule has 0 bridgehead atoms. The van der Waals surface area contributed by atoms with Crippen LogP contribution in [-0.4, -0.2) is 13.1 Å². The van der Waals surface area contributed by atoms with E-state index in [2.05, 4.69) is 46.0 Å². The third-order valence-corrected chi connectivity index (χ3v) is 4.17. The van der Waals surface area contributed by atoms with Crippen LogP contribution in [0.3, 0.4) is 0 Å². The zero-order chi connectivity index (χ0) is 12.3. The van der Waals surface area contributed by atoms with Crippen LogP contribution in [0.15, 0.2) is 18.2 Å². The molecule has 1 aromatic carbocycles. The van der Waals surface area contributed by atoms with Crippen molar-refractivity contribution in [3.63, 3.8) is 0 Å². The second-order valence-corrected chi connectivity index (χ2v) is 5.77. The standard InChI is InChI=1S/C14H19BrClN/c1-2-7-17(10-11-3-4-11)13-6-5-12(9-15)14(16)8-13/h5-6,8,11H,2-4,7,9-10H2,1H3. The summed E-state index contributed by atoms with van der Waals surface area (Å²) >= 11 is 9.72. The molecule has 0 unspecified atom stereocenters. The summed E-state index contributed by atoms with van der Waals surface area (Å²) in [6.45, 7) is 4.55. The van der Waals surface area contributed by atoms with E-state index < -0.39 is 0 Å². The summed E-state index contributed by atoms with van der Waals surface area (Å²) in [6, 6.07) is 6.43. The Labute approximate surface area is 117 Å². The van der Waals surface area contributed by atoms with Gasteiger partial charge in [-0.25, -0.2) is 0 Å². The van der Waals surface area contributed by atoms with Gasteiger partial charge in [0.1, 0.15) is 0 Å². The largest absolute Gasteiger partial charge is 0.371 e. The van der Waals surface area contributed by atoms with Crippen molar-refractivity contribution in [2.24, 2.45) is 5.92 Å². The second-order valence-electron chi connectivity index (χ2n) is 4.80. The quantitative estimate of drug-likeness (QED) is 0.677. The molecule has 1 saturated carbocycles. The van der Waals surface area contributed by atoms with Gasteiger partial charge in [0, 0.05) is 29.1 Å². The summed E-state index contributed by atoms with van der Waals surface area (Å²) in [7, 11) is 0. The molecule has 1 aliphatic rings. The van der Waals surface area contributed by atoms with E-state index in [-0.39, 0.29) is 0 Å². The molecule has 3 heteroatoms. The Morgan fingerprint density at radius 1 is 1.41 bits per heavy atom. The first kappa shape index (κ1) is 13.2. The molecule has 0 spiro atoms. The fraction of sp³-hybridized carbons (Fsp3) is 0.571. The van der Waals surface area contributed by atoms with Crippen molar-refractivity contribution < 1.29 is 0 Å². The first-order chi connectivity index (χ1) is 8.24. The van der Waals surface area contributed by atoms with Crippen LogP contribution in [0.2, 0.25) is 5.02 Å². The van der Waals surface area contributed by atoms with E-state index in [4.69, 9.17) is 11.6 Å². The maximum absolute atomic E-state index is 6.27. The van der Waals surface area contributed by atoms with E-state index in [1.165, 1.54) is 37.1 Å². The molecule has 0 saturated heterocycles. The summed E-state index contributed by atoms with van der Waals surface area (Å²) in [5, 5.41) is 1.69. The Bertz CT molecular complexity index is 376. The fourth-order valence-electron chi connectivity index (χ4n) is 2.05. The molecule has 2 rings (SSSR count). The predicted molar refractivity (Wildman–Crippen MR) is 79.3 cm³/mol. The smallest absolute Gasteiger partial charge is 0.0467 e. The number of alkyl halides is 1. The number of halogens is 2. The average molecular weight is 317 g/mol. The summed E-state index contributed by atoms with van der Waals surface area (Å²) in [4.78, 5) is 2.47. The lowest BCUT2D eigenvalue weighted by molar-refractivity contribution is 0.708. The second kappa shape index (κ2) is 6.10. The van der Waals surface area contributed by atoms with Crippen molar-refractivity contribution in [1.82, 2.24) is 0 Å². The van der Waals surface area contributed by atoms with Gasteiger partial charge < -0.3 is 4.90 Å². The van der Waals surface area contributed by atoms with E-state index in [0.717, 1.165) is 22.8 Å². The van der Waals surface area contributed by atoms with Crippen molar-refractivity contribution in [2.75, 3.05) is 18.0 Å². The predicted octanol–water partition coefficient (Wildman–Crippen LogP) is 4.86. The van der Waals surface area contributed by atoms with Gasteiger partial charge in [0.05, 0.1) is 0 Å². The van der Waals surface area contributed by atoms with Crippen LogP contribution in [0.5, 0.6) is 0 Å². The minimum atomic E-state index is 0.822. The molecular formula is C14H19BrClN. The van der Waals surface area contributed by atoms with Crippen LogP contribution < -0.4 is 4.90 Å². The SMILES string of the molecule is CCCN(CC1CC1)c1ccc(CBr)c(Cl)c1. The lowest BCUT2D eigenvalue weighted by Gasteiger charge is -2.25. The van der Waals surface area contributed by atoms with Crippen molar-refractivity contribution in [3.8, 4) is 0 Å². The molecule has 0 heterocycles. The Balaban J connectivity index is 2.13.